The summed E-state index contributed by atoms with van der Waals surface area (Å²) in [5.41, 5.74) is -1.20. The Morgan fingerprint density at radius 1 is 1.52 bits per heavy atom. The number of carbonyl (C=O) groups is 1. The number of nitro benzene ring substituents is 1. The zero-order valence-corrected chi connectivity index (χ0v) is 11.7. The molecule has 0 aliphatic heterocycles. The number of nitrogens with zero attached hydrogens (tertiary/aromatic N) is 1. The van der Waals surface area contributed by atoms with Crippen LogP contribution in [-0.2, 0) is 4.79 Å². The summed E-state index contributed by atoms with van der Waals surface area (Å²) in [5, 5.41) is 23.3. The fraction of sp³-hybridized carbons (Fsp3) is 0.500. The lowest BCUT2D eigenvalue weighted by atomic mass is 9.98. The van der Waals surface area contributed by atoms with Gasteiger partial charge in [0.25, 0.3) is 0 Å². The molecule has 21 heavy (non-hydrogen) atoms. The quantitative estimate of drug-likeness (QED) is 0.561. The van der Waals surface area contributed by atoms with Gasteiger partial charge in [0.2, 0.25) is 0 Å². The van der Waals surface area contributed by atoms with Crippen molar-refractivity contribution in [2.24, 2.45) is 0 Å². The number of aliphatic carboxylic acids is 1. The van der Waals surface area contributed by atoms with E-state index < -0.39 is 16.4 Å². The van der Waals surface area contributed by atoms with Gasteiger partial charge in [0.05, 0.1) is 11.5 Å². The summed E-state index contributed by atoms with van der Waals surface area (Å²) in [6.07, 6.45) is 2.19. The summed E-state index contributed by atoms with van der Waals surface area (Å²) in [7, 11) is 0. The molecule has 1 atom stereocenters. The van der Waals surface area contributed by atoms with Gasteiger partial charge in [-0.05, 0) is 25.8 Å². The zero-order valence-electron chi connectivity index (χ0n) is 11.7. The van der Waals surface area contributed by atoms with E-state index in [1.54, 1.807) is 19.1 Å². The van der Waals surface area contributed by atoms with Gasteiger partial charge in [0.15, 0.2) is 5.75 Å². The predicted octanol–water partition coefficient (Wildman–Crippen LogP) is 1.96. The molecule has 0 amide bonds. The van der Waals surface area contributed by atoms with Crippen molar-refractivity contribution in [2.45, 2.75) is 37.8 Å². The molecule has 1 aromatic carbocycles. The third kappa shape index (κ3) is 3.91. The smallest absolute Gasteiger partial charge is 0.323 e. The van der Waals surface area contributed by atoms with Crippen molar-refractivity contribution in [3.8, 4) is 5.75 Å². The van der Waals surface area contributed by atoms with Gasteiger partial charge in [0.1, 0.15) is 5.54 Å². The van der Waals surface area contributed by atoms with Crippen LogP contribution >= 0.6 is 0 Å². The molecule has 2 rings (SSSR count). The minimum Gasteiger partial charge on any atom is -0.487 e. The molecule has 0 spiro atoms. The third-order valence-corrected chi connectivity index (χ3v) is 3.49. The van der Waals surface area contributed by atoms with Crippen molar-refractivity contribution in [1.29, 1.82) is 0 Å². The van der Waals surface area contributed by atoms with Crippen molar-refractivity contribution in [2.75, 3.05) is 6.61 Å². The van der Waals surface area contributed by atoms with Crippen LogP contribution < -0.4 is 10.1 Å². The monoisotopic (exact) mass is 294 g/mol. The predicted molar refractivity (Wildman–Crippen MR) is 75.4 cm³/mol. The third-order valence-electron chi connectivity index (χ3n) is 3.49. The first kappa shape index (κ1) is 15.2. The second-order valence-corrected chi connectivity index (χ2v) is 5.38. The van der Waals surface area contributed by atoms with Crippen LogP contribution in [0.3, 0.4) is 0 Å². The number of para-hydroxylation sites is 2. The van der Waals surface area contributed by atoms with E-state index in [1.807, 2.05) is 0 Å². The summed E-state index contributed by atoms with van der Waals surface area (Å²) in [5.74, 6) is -0.790. The van der Waals surface area contributed by atoms with E-state index in [0.29, 0.717) is 0 Å². The van der Waals surface area contributed by atoms with Crippen molar-refractivity contribution in [3.05, 3.63) is 34.4 Å². The number of ether oxygens (including phenoxy) is 1. The average molecular weight is 294 g/mol. The maximum absolute atomic E-state index is 11.4. The molecule has 0 aromatic heterocycles. The van der Waals surface area contributed by atoms with Crippen LogP contribution in [0.15, 0.2) is 24.3 Å². The van der Waals surface area contributed by atoms with Crippen molar-refractivity contribution in [1.82, 2.24) is 5.32 Å². The number of carboxylic acids is 1. The van der Waals surface area contributed by atoms with E-state index >= 15 is 0 Å². The van der Waals surface area contributed by atoms with Crippen LogP contribution in [0.5, 0.6) is 5.75 Å². The second-order valence-electron chi connectivity index (χ2n) is 5.38. The second kappa shape index (κ2) is 6.09. The number of benzene rings is 1. The molecule has 7 nitrogen and oxygen atoms in total. The summed E-state index contributed by atoms with van der Waals surface area (Å²) in [4.78, 5) is 21.7. The van der Waals surface area contributed by atoms with Gasteiger partial charge in [-0.15, -0.1) is 0 Å². The molecule has 1 fully saturated rings. The van der Waals surface area contributed by atoms with Gasteiger partial charge >= 0.3 is 11.7 Å². The van der Waals surface area contributed by atoms with Crippen molar-refractivity contribution < 1.29 is 19.6 Å². The van der Waals surface area contributed by atoms with Gasteiger partial charge in [-0.2, -0.15) is 0 Å². The molecule has 0 heterocycles. The fourth-order valence-electron chi connectivity index (χ4n) is 2.01. The van der Waals surface area contributed by atoms with Crippen LogP contribution in [0.2, 0.25) is 0 Å². The van der Waals surface area contributed by atoms with Crippen LogP contribution in [0.25, 0.3) is 0 Å². The van der Waals surface area contributed by atoms with E-state index in [2.05, 4.69) is 5.32 Å². The molecule has 0 radical (unpaired) electrons. The number of hydrogen-bond acceptors (Lipinski definition) is 5. The molecular weight excluding hydrogens is 276 g/mol. The molecule has 2 N–H and O–H groups in total. The van der Waals surface area contributed by atoms with Crippen molar-refractivity contribution >= 4 is 11.7 Å². The lowest BCUT2D eigenvalue weighted by molar-refractivity contribution is -0.385. The van der Waals surface area contributed by atoms with E-state index in [1.165, 1.54) is 12.1 Å². The lowest BCUT2D eigenvalue weighted by Crippen LogP contribution is -2.51. The first-order valence-electron chi connectivity index (χ1n) is 6.80. The van der Waals surface area contributed by atoms with Crippen LogP contribution in [0, 0.1) is 10.1 Å². The van der Waals surface area contributed by atoms with E-state index in [-0.39, 0.29) is 30.5 Å². The SMILES string of the molecule is CC(CCOc1ccccc1[N+](=O)[O-])(NC1CC1)C(=O)O. The summed E-state index contributed by atoms with van der Waals surface area (Å²) in [6, 6.07) is 6.30. The molecular formula is C14H18N2O5. The van der Waals surface area contributed by atoms with Crippen LogP contribution in [0.4, 0.5) is 5.69 Å². The standard InChI is InChI=1S/C14H18N2O5/c1-14(13(17)18,15-10-6-7-10)8-9-21-12-5-3-2-4-11(12)16(19)20/h2-5,10,15H,6-9H2,1H3,(H,17,18). The Morgan fingerprint density at radius 3 is 2.76 bits per heavy atom. The Balaban J connectivity index is 1.96. The topological polar surface area (TPSA) is 102 Å². The van der Waals surface area contributed by atoms with Crippen LogP contribution in [-0.4, -0.2) is 34.2 Å². The Kier molecular flexibility index (Phi) is 4.42. The molecule has 1 unspecified atom stereocenters. The van der Waals surface area contributed by atoms with Gasteiger partial charge < -0.3 is 9.84 Å². The Morgan fingerprint density at radius 2 is 2.19 bits per heavy atom. The molecule has 0 saturated heterocycles. The van der Waals surface area contributed by atoms with Gasteiger partial charge in [-0.3, -0.25) is 20.2 Å². The van der Waals surface area contributed by atoms with Gasteiger partial charge in [-0.1, -0.05) is 12.1 Å². The van der Waals surface area contributed by atoms with E-state index in [4.69, 9.17) is 4.74 Å². The highest BCUT2D eigenvalue weighted by Crippen LogP contribution is 2.27. The number of hydrogen-bond donors (Lipinski definition) is 2. The maximum atomic E-state index is 11.4. The molecule has 1 aromatic rings. The highest BCUT2D eigenvalue weighted by molar-refractivity contribution is 5.78. The largest absolute Gasteiger partial charge is 0.487 e. The van der Waals surface area contributed by atoms with Gasteiger partial charge in [-0.25, -0.2) is 0 Å². The molecule has 0 bridgehead atoms. The summed E-state index contributed by atoms with van der Waals surface area (Å²) in [6.45, 7) is 1.70. The van der Waals surface area contributed by atoms with Crippen LogP contribution in [0.1, 0.15) is 26.2 Å². The summed E-state index contributed by atoms with van der Waals surface area (Å²) < 4.78 is 5.40. The average Bonchev–Trinajstić information content (AvgIpc) is 3.22. The Hall–Kier alpha value is -2.15. The van der Waals surface area contributed by atoms with Crippen molar-refractivity contribution in [3.63, 3.8) is 0 Å². The lowest BCUT2D eigenvalue weighted by Gasteiger charge is -2.26. The molecule has 7 heteroatoms. The Labute approximate surface area is 122 Å². The summed E-state index contributed by atoms with van der Waals surface area (Å²) >= 11 is 0. The molecule has 1 aliphatic rings. The first-order chi connectivity index (χ1) is 9.92. The highest BCUT2D eigenvalue weighted by atomic mass is 16.6. The van der Waals surface area contributed by atoms with Gasteiger partial charge in [0, 0.05) is 18.5 Å². The number of nitrogens with one attached hydrogen (secondary N) is 1. The minimum absolute atomic E-state index is 0.0906. The molecule has 1 saturated carbocycles. The zero-order chi connectivity index (χ0) is 15.5. The first-order valence-corrected chi connectivity index (χ1v) is 6.80. The minimum atomic E-state index is -1.08. The highest BCUT2D eigenvalue weighted by Gasteiger charge is 2.38. The molecule has 1 aliphatic carbocycles. The molecule has 114 valence electrons. The van der Waals surface area contributed by atoms with E-state index in [9.17, 15) is 20.0 Å². The fourth-order valence-corrected chi connectivity index (χ4v) is 2.01. The normalized spacial score (nSPS) is 17.0. The number of carboxylic acid groups (broad SMARTS) is 1. The number of nitro groups is 1. The van der Waals surface area contributed by atoms with E-state index in [0.717, 1.165) is 12.8 Å². The maximum Gasteiger partial charge on any atom is 0.323 e. The number of rotatable bonds is 8. The Bertz CT molecular complexity index is 544.